The van der Waals surface area contributed by atoms with Crippen molar-refractivity contribution in [1.29, 1.82) is 0 Å². The molecule has 4 saturated heterocycles. The minimum Gasteiger partial charge on any atom is -0.481 e. The van der Waals surface area contributed by atoms with Crippen LogP contribution in [0.15, 0.2) is 133 Å². The lowest BCUT2D eigenvalue weighted by Crippen LogP contribution is -2.83. The molecular weight excluding hydrogens is 981 g/mol. The number of carbonyl (C=O) groups excluding carboxylic acids is 4. The first-order chi connectivity index (χ1) is 36.7. The maximum atomic E-state index is 15.4. The van der Waals surface area contributed by atoms with Crippen LogP contribution in [-0.2, 0) is 78.8 Å². The van der Waals surface area contributed by atoms with Crippen LogP contribution in [0.1, 0.15) is 67.2 Å². The molecule has 2 bridgehead atoms. The molecule has 0 spiro atoms. The first-order valence-electron chi connectivity index (χ1n) is 25.0. The molecule has 9 rings (SSSR count). The Morgan fingerprint density at radius 3 is 1.84 bits per heavy atom. The predicted octanol–water partition coefficient (Wildman–Crippen LogP) is 2.55. The molecule has 1 unspecified atom stereocenters. The summed E-state index contributed by atoms with van der Waals surface area (Å²) in [4.78, 5) is 76.0. The summed E-state index contributed by atoms with van der Waals surface area (Å²) in [6.07, 6.45) is -6.48. The van der Waals surface area contributed by atoms with E-state index < -0.39 is 96.0 Å². The van der Waals surface area contributed by atoms with Gasteiger partial charge in [0.15, 0.2) is 17.8 Å². The van der Waals surface area contributed by atoms with E-state index in [0.717, 1.165) is 22.3 Å². The number of aromatic nitrogens is 3. The van der Waals surface area contributed by atoms with Crippen molar-refractivity contribution in [3.63, 3.8) is 0 Å². The molecule has 1 aromatic heterocycles. The number of guanidine groups is 1. The van der Waals surface area contributed by atoms with Crippen LogP contribution in [0.2, 0.25) is 0 Å². The summed E-state index contributed by atoms with van der Waals surface area (Å²) in [6, 6.07) is 35.1. The van der Waals surface area contributed by atoms with E-state index in [1.807, 2.05) is 121 Å². The van der Waals surface area contributed by atoms with E-state index in [1.165, 1.54) is 24.9 Å². The van der Waals surface area contributed by atoms with Crippen molar-refractivity contribution in [3.8, 4) is 0 Å². The van der Waals surface area contributed by atoms with Gasteiger partial charge in [0.2, 0.25) is 17.7 Å². The number of β-lactam (4-membered cyclic amide) rings is 1. The highest BCUT2D eigenvalue weighted by Crippen LogP contribution is 2.44. The van der Waals surface area contributed by atoms with Gasteiger partial charge in [0.1, 0.15) is 53.8 Å². The Morgan fingerprint density at radius 2 is 1.32 bits per heavy atom. The van der Waals surface area contributed by atoms with Gasteiger partial charge < -0.3 is 65.8 Å². The molecule has 0 saturated carbocycles. The molecule has 4 fully saturated rings. The van der Waals surface area contributed by atoms with Gasteiger partial charge in [-0.1, -0.05) is 121 Å². The lowest BCUT2D eigenvalue weighted by Gasteiger charge is -2.57. The summed E-state index contributed by atoms with van der Waals surface area (Å²) in [5.74, 6) is -5.05. The van der Waals surface area contributed by atoms with E-state index in [2.05, 4.69) is 36.4 Å². The smallest absolute Gasteiger partial charge is 0.305 e. The SMILES string of the molecule is CC1(C)C(=O)N[C@@H](CCCN=C(N)N)C(=O)N[C@@H](CC(=O)O)C(=O)N[C@@]2(C(O[C@H]3O[C@H](COCc4ccccc4)[C@@H](OCc4ccccc4)[C@H](OCc4ccccc4)[C@@H]3OCc3ccccc3)c3cn[nH]n3)CN1C2=O. The monoisotopic (exact) mass is 1040 g/mol. The predicted molar refractivity (Wildman–Crippen MR) is 273 cm³/mol. The van der Waals surface area contributed by atoms with Gasteiger partial charge in [-0.25, -0.2) is 0 Å². The zero-order valence-electron chi connectivity index (χ0n) is 42.2. The topological polar surface area (TPSA) is 306 Å². The number of aromatic amines is 1. The third-order valence-electron chi connectivity index (χ3n) is 13.5. The lowest BCUT2D eigenvalue weighted by molar-refractivity contribution is -0.342. The molecule has 0 aliphatic carbocycles. The van der Waals surface area contributed by atoms with Crippen LogP contribution >= 0.6 is 0 Å². The minimum absolute atomic E-state index is 0.00675. The van der Waals surface area contributed by atoms with E-state index in [0.29, 0.717) is 0 Å². The second-order valence-electron chi connectivity index (χ2n) is 19.3. The summed E-state index contributed by atoms with van der Waals surface area (Å²) < 4.78 is 41.1. The van der Waals surface area contributed by atoms with Crippen molar-refractivity contribution in [1.82, 2.24) is 36.3 Å². The van der Waals surface area contributed by atoms with Crippen molar-refractivity contribution in [2.45, 2.75) is 120 Å². The highest BCUT2D eigenvalue weighted by molar-refractivity contribution is 6.04. The third kappa shape index (κ3) is 13.4. The van der Waals surface area contributed by atoms with Gasteiger partial charge in [0.05, 0.1) is 52.2 Å². The first kappa shape index (κ1) is 54.7. The quantitative estimate of drug-likeness (QED) is 0.0163. The van der Waals surface area contributed by atoms with Crippen LogP contribution in [0.3, 0.4) is 0 Å². The van der Waals surface area contributed by atoms with Gasteiger partial charge in [-0.2, -0.15) is 15.4 Å². The van der Waals surface area contributed by atoms with E-state index in [4.69, 9.17) is 39.9 Å². The van der Waals surface area contributed by atoms with E-state index in [9.17, 15) is 24.3 Å². The molecule has 9 N–H and O–H groups in total. The molecule has 0 radical (unpaired) electrons. The molecule has 22 nitrogen and oxygen atoms in total. The number of rotatable bonds is 23. The second kappa shape index (κ2) is 25.3. The Labute approximate surface area is 439 Å². The number of ether oxygens (including phenoxy) is 6. The number of carboxylic acids is 1. The molecule has 402 valence electrons. The molecule has 4 amide bonds. The summed E-state index contributed by atoms with van der Waals surface area (Å²) in [7, 11) is 0. The van der Waals surface area contributed by atoms with Crippen LogP contribution in [0.4, 0.5) is 0 Å². The molecule has 4 aliphatic heterocycles. The molecule has 5 heterocycles. The number of aliphatic carboxylic acids is 1. The molecule has 76 heavy (non-hydrogen) atoms. The Morgan fingerprint density at radius 1 is 0.763 bits per heavy atom. The molecule has 5 aromatic rings. The largest absolute Gasteiger partial charge is 0.481 e. The van der Waals surface area contributed by atoms with Gasteiger partial charge in [-0.3, -0.25) is 29.0 Å². The Bertz CT molecular complexity index is 2740. The normalized spacial score (nSPS) is 24.9. The van der Waals surface area contributed by atoms with E-state index in [1.54, 1.807) is 0 Å². The fraction of sp³-hybridized carbons (Fsp3) is 0.407. The number of aliphatic imine (C=N–C) groups is 1. The van der Waals surface area contributed by atoms with Crippen LogP contribution in [-0.4, -0.2) is 135 Å². The summed E-state index contributed by atoms with van der Waals surface area (Å²) >= 11 is 0. The van der Waals surface area contributed by atoms with Crippen LogP contribution in [0.5, 0.6) is 0 Å². The van der Waals surface area contributed by atoms with Crippen molar-refractivity contribution in [3.05, 3.63) is 155 Å². The minimum atomic E-state index is -2.15. The number of carboxylic acid groups (broad SMARTS) is 1. The number of fused-ring (bicyclic) bond motifs is 8. The molecule has 4 aromatic carbocycles. The number of nitrogens with two attached hydrogens (primary N) is 2. The van der Waals surface area contributed by atoms with Gasteiger partial charge in [-0.05, 0) is 48.9 Å². The fourth-order valence-electron chi connectivity index (χ4n) is 9.30. The zero-order valence-corrected chi connectivity index (χ0v) is 42.2. The molecule has 22 heteroatoms. The lowest BCUT2D eigenvalue weighted by atomic mass is 9.77. The fourth-order valence-corrected chi connectivity index (χ4v) is 9.30. The maximum absolute atomic E-state index is 15.4. The summed E-state index contributed by atoms with van der Waals surface area (Å²) in [5.41, 5.74) is 10.6. The van der Waals surface area contributed by atoms with Crippen molar-refractivity contribution in [2.75, 3.05) is 19.7 Å². The average molecular weight is 1050 g/mol. The number of H-pyrrole nitrogens is 1. The number of hydrogen-bond donors (Lipinski definition) is 7. The standard InChI is InChI=1S/C54H64N10O12/c1-53(2)50(69)60-38(24-15-25-57-52(55)56)47(67)59-39(26-42(65)66)48(68)61-54(33-64(53)51(54)70)46(40-27-58-63-62-40)76-49-45(74-31-37-22-13-6-14-23-37)44(73-30-36-20-11-5-12-21-36)43(72-29-35-18-9-4-10-19-35)41(75-49)32-71-28-34-16-7-3-8-17-34/h3-14,16-23,27,38-39,41,43-46,49H,15,24-26,28-33H2,1-2H3,(H,59,67)(H,60,69)(H,61,68)(H,65,66)(H4,55,56,57)(H,58,62,63)/t38-,39-,41+,43+,44-,45-,46?,49+,54+/m0/s1. The number of amides is 4. The van der Waals surface area contributed by atoms with Crippen LogP contribution in [0, 0.1) is 0 Å². The van der Waals surface area contributed by atoms with Gasteiger partial charge >= 0.3 is 5.97 Å². The number of carbonyl (C=O) groups is 5. The highest BCUT2D eigenvalue weighted by atomic mass is 16.7. The van der Waals surface area contributed by atoms with Crippen LogP contribution < -0.4 is 27.4 Å². The van der Waals surface area contributed by atoms with Gasteiger partial charge in [0.25, 0.3) is 5.91 Å². The summed E-state index contributed by atoms with van der Waals surface area (Å²) in [6.45, 7) is 3.12. The average Bonchev–Trinajstić information content (AvgIpc) is 4.03. The van der Waals surface area contributed by atoms with E-state index in [-0.39, 0.29) is 70.6 Å². The van der Waals surface area contributed by atoms with E-state index >= 15 is 4.79 Å². The molecular formula is C54H64N10O12. The Balaban J connectivity index is 1.20. The summed E-state index contributed by atoms with van der Waals surface area (Å²) in [5, 5.41) is 29.1. The Hall–Kier alpha value is -7.60. The molecule has 4 aliphatic rings. The zero-order chi connectivity index (χ0) is 53.7. The third-order valence-corrected chi connectivity index (χ3v) is 13.5. The number of hydrogen-bond acceptors (Lipinski definition) is 14. The highest BCUT2D eigenvalue weighted by Gasteiger charge is 2.66. The second-order valence-corrected chi connectivity index (χ2v) is 19.3. The van der Waals surface area contributed by atoms with Crippen molar-refractivity contribution in [2.24, 2.45) is 16.5 Å². The van der Waals surface area contributed by atoms with Crippen molar-refractivity contribution < 1.29 is 57.5 Å². The number of nitrogens with zero attached hydrogens (tertiary/aromatic N) is 4. The first-order valence-corrected chi connectivity index (χ1v) is 25.0. The maximum Gasteiger partial charge on any atom is 0.305 e. The van der Waals surface area contributed by atoms with Gasteiger partial charge in [-0.15, -0.1) is 0 Å². The molecule has 9 atom stereocenters. The van der Waals surface area contributed by atoms with Gasteiger partial charge in [0, 0.05) is 6.54 Å². The van der Waals surface area contributed by atoms with Crippen LogP contribution in [0.25, 0.3) is 0 Å². The number of benzene rings is 4. The number of nitrogens with one attached hydrogen (secondary N) is 4. The van der Waals surface area contributed by atoms with Crippen molar-refractivity contribution >= 4 is 35.6 Å². The Kier molecular flexibility index (Phi) is 18.2.